The van der Waals surface area contributed by atoms with E-state index in [9.17, 15) is 9.59 Å². The Bertz CT molecular complexity index is 791. The van der Waals surface area contributed by atoms with Crippen molar-refractivity contribution in [3.05, 3.63) is 36.0 Å². The molecule has 7 heteroatoms. The van der Waals surface area contributed by atoms with Crippen LogP contribution in [0.4, 0.5) is 4.79 Å². The number of benzene rings is 1. The molecular weight excluding hydrogens is 370 g/mol. The Kier molecular flexibility index (Phi) is 7.30. The second-order valence-corrected chi connectivity index (χ2v) is 8.99. The highest BCUT2D eigenvalue weighted by molar-refractivity contribution is 5.94. The highest BCUT2D eigenvalue weighted by Crippen LogP contribution is 2.17. The number of nitrogens with one attached hydrogen (secondary N) is 2. The number of aromatic nitrogens is 1. The van der Waals surface area contributed by atoms with Crippen molar-refractivity contribution in [3.63, 3.8) is 0 Å². The summed E-state index contributed by atoms with van der Waals surface area (Å²) in [5.41, 5.74) is 0.593. The molecule has 1 fully saturated rings. The van der Waals surface area contributed by atoms with Gasteiger partial charge in [-0.1, -0.05) is 18.2 Å². The maximum absolute atomic E-state index is 11.8. The van der Waals surface area contributed by atoms with Gasteiger partial charge in [0.15, 0.2) is 0 Å². The van der Waals surface area contributed by atoms with E-state index in [-0.39, 0.29) is 17.7 Å². The lowest BCUT2D eigenvalue weighted by atomic mass is 10.2. The van der Waals surface area contributed by atoms with Crippen LogP contribution in [0.25, 0.3) is 10.9 Å². The molecule has 0 radical (unpaired) electrons. The number of esters is 1. The van der Waals surface area contributed by atoms with Crippen molar-refractivity contribution in [2.24, 2.45) is 0 Å². The molecule has 0 atom stereocenters. The van der Waals surface area contributed by atoms with Crippen LogP contribution in [0.5, 0.6) is 0 Å². The first-order chi connectivity index (χ1) is 13.4. The maximum Gasteiger partial charge on any atom is 0.410 e. The summed E-state index contributed by atoms with van der Waals surface area (Å²) in [5.74, 6) is -0.316. The number of hydrogen-bond donors (Lipinski definition) is 2. The number of nitrogens with zero attached hydrogens (tertiary/aromatic N) is 1. The molecule has 0 bridgehead atoms. The molecule has 0 saturated carbocycles. The van der Waals surface area contributed by atoms with Gasteiger partial charge in [-0.15, -0.1) is 0 Å². The number of piperazine rings is 1. The summed E-state index contributed by atoms with van der Waals surface area (Å²) in [6.07, 6.45) is -0.200. The minimum atomic E-state index is -0.464. The first kappa shape index (κ1) is 22.7. The Morgan fingerprint density at radius 3 is 2.07 bits per heavy atom. The summed E-state index contributed by atoms with van der Waals surface area (Å²) in [6, 6.07) is 9.57. The van der Waals surface area contributed by atoms with Gasteiger partial charge >= 0.3 is 12.1 Å². The van der Waals surface area contributed by atoms with Crippen LogP contribution in [0.3, 0.4) is 0 Å². The predicted molar refractivity (Wildman–Crippen MR) is 114 cm³/mol. The third-order valence-electron chi connectivity index (χ3n) is 3.92. The molecule has 160 valence electrons. The van der Waals surface area contributed by atoms with Gasteiger partial charge in [0, 0.05) is 37.1 Å². The van der Waals surface area contributed by atoms with Crippen molar-refractivity contribution in [3.8, 4) is 0 Å². The van der Waals surface area contributed by atoms with Crippen molar-refractivity contribution < 1.29 is 19.1 Å². The van der Waals surface area contributed by atoms with Crippen molar-refractivity contribution in [1.82, 2.24) is 15.2 Å². The molecule has 1 aliphatic rings. The number of hydrogen-bond acceptors (Lipinski definition) is 5. The Balaban J connectivity index is 0.000000212. The average molecular weight is 404 g/mol. The van der Waals surface area contributed by atoms with Crippen molar-refractivity contribution >= 4 is 23.0 Å². The third-order valence-corrected chi connectivity index (χ3v) is 3.92. The highest BCUT2D eigenvalue weighted by Gasteiger charge is 2.23. The fraction of sp³-hybridized carbons (Fsp3) is 0.545. The topological polar surface area (TPSA) is 83.7 Å². The number of ether oxygens (including phenoxy) is 2. The van der Waals surface area contributed by atoms with Crippen LogP contribution in [-0.2, 0) is 9.47 Å². The number of fused-ring (bicyclic) bond motifs is 1. The first-order valence-electron chi connectivity index (χ1n) is 9.94. The molecule has 1 aliphatic heterocycles. The zero-order valence-electron chi connectivity index (χ0n) is 18.3. The van der Waals surface area contributed by atoms with Gasteiger partial charge in [-0.3, -0.25) is 0 Å². The van der Waals surface area contributed by atoms with E-state index in [1.807, 2.05) is 71.9 Å². The second kappa shape index (κ2) is 9.31. The molecule has 0 aliphatic carbocycles. The molecular formula is C22H33N3O4. The fourth-order valence-electron chi connectivity index (χ4n) is 2.69. The summed E-state index contributed by atoms with van der Waals surface area (Å²) < 4.78 is 10.5. The monoisotopic (exact) mass is 403 g/mol. The Morgan fingerprint density at radius 1 is 0.931 bits per heavy atom. The lowest BCUT2D eigenvalue weighted by Gasteiger charge is -2.30. The average Bonchev–Trinajstić information content (AvgIpc) is 3.05. The largest absolute Gasteiger partial charge is 0.455 e. The smallest absolute Gasteiger partial charge is 0.410 e. The molecule has 1 aromatic heterocycles. The number of amides is 1. The summed E-state index contributed by atoms with van der Waals surface area (Å²) in [6.45, 7) is 14.4. The molecule has 0 spiro atoms. The summed E-state index contributed by atoms with van der Waals surface area (Å²) in [7, 11) is 0. The van der Waals surface area contributed by atoms with Crippen LogP contribution in [0.2, 0.25) is 0 Å². The Hall–Kier alpha value is -2.54. The minimum absolute atomic E-state index is 0.200. The summed E-state index contributed by atoms with van der Waals surface area (Å²) in [4.78, 5) is 28.0. The van der Waals surface area contributed by atoms with Gasteiger partial charge in [0.25, 0.3) is 0 Å². The lowest BCUT2D eigenvalue weighted by Crippen LogP contribution is -2.48. The Labute approximate surface area is 172 Å². The number of H-pyrrole nitrogens is 1. The number of aromatic amines is 1. The van der Waals surface area contributed by atoms with E-state index < -0.39 is 5.60 Å². The molecule has 7 nitrogen and oxygen atoms in total. The number of rotatable bonds is 1. The molecule has 1 amide bonds. The zero-order chi connectivity index (χ0) is 21.7. The predicted octanol–water partition coefficient (Wildman–Crippen LogP) is 3.95. The number of para-hydroxylation sites is 1. The maximum atomic E-state index is 11.8. The van der Waals surface area contributed by atoms with Gasteiger partial charge < -0.3 is 24.7 Å². The molecule has 29 heavy (non-hydrogen) atoms. The van der Waals surface area contributed by atoms with Gasteiger partial charge in [0.2, 0.25) is 0 Å². The molecule has 1 aromatic carbocycles. The van der Waals surface area contributed by atoms with Crippen molar-refractivity contribution in [2.45, 2.75) is 52.7 Å². The molecule has 3 rings (SSSR count). The normalized spacial score (nSPS) is 14.8. The van der Waals surface area contributed by atoms with Crippen LogP contribution in [-0.4, -0.2) is 59.3 Å². The van der Waals surface area contributed by atoms with E-state index in [4.69, 9.17) is 9.47 Å². The van der Waals surface area contributed by atoms with Gasteiger partial charge in [-0.25, -0.2) is 9.59 Å². The lowest BCUT2D eigenvalue weighted by molar-refractivity contribution is 0.00631. The van der Waals surface area contributed by atoms with Crippen LogP contribution >= 0.6 is 0 Å². The van der Waals surface area contributed by atoms with Gasteiger partial charge in [0.05, 0.1) is 0 Å². The molecule has 2 N–H and O–H groups in total. The first-order valence-corrected chi connectivity index (χ1v) is 9.94. The van der Waals surface area contributed by atoms with E-state index in [1.165, 1.54) is 0 Å². The van der Waals surface area contributed by atoms with E-state index in [1.54, 1.807) is 4.90 Å². The standard InChI is InChI=1S/C13H15NO2.C9H18N2O2/c1-13(2,3)16-12(15)11-8-9-6-4-5-7-10(9)14-11;1-9(2,3)13-8(12)11-6-4-10-5-7-11/h4-8,14H,1-3H3;10H,4-7H2,1-3H3. The van der Waals surface area contributed by atoms with Crippen molar-refractivity contribution in [1.29, 1.82) is 0 Å². The van der Waals surface area contributed by atoms with Gasteiger partial charge in [-0.05, 0) is 53.7 Å². The van der Waals surface area contributed by atoms with Crippen LogP contribution < -0.4 is 5.32 Å². The quantitative estimate of drug-likeness (QED) is 0.705. The number of carbonyl (C=O) groups is 2. The molecule has 2 aromatic rings. The van der Waals surface area contributed by atoms with E-state index in [2.05, 4.69) is 10.3 Å². The second-order valence-electron chi connectivity index (χ2n) is 8.99. The fourth-order valence-corrected chi connectivity index (χ4v) is 2.69. The summed E-state index contributed by atoms with van der Waals surface area (Å²) in [5, 5.41) is 4.20. The zero-order valence-corrected chi connectivity index (χ0v) is 18.3. The molecule has 0 unspecified atom stereocenters. The van der Waals surface area contributed by atoms with E-state index in [0.717, 1.165) is 37.1 Å². The SMILES string of the molecule is CC(C)(C)OC(=O)N1CCNCC1.CC(C)(C)OC(=O)c1cc2ccccc2[nH]1. The van der Waals surface area contributed by atoms with E-state index >= 15 is 0 Å². The van der Waals surface area contributed by atoms with Crippen LogP contribution in [0.15, 0.2) is 30.3 Å². The number of carbonyl (C=O) groups excluding carboxylic acids is 2. The summed E-state index contributed by atoms with van der Waals surface area (Å²) >= 11 is 0. The van der Waals surface area contributed by atoms with Crippen LogP contribution in [0.1, 0.15) is 52.0 Å². The highest BCUT2D eigenvalue weighted by atomic mass is 16.6. The molecule has 1 saturated heterocycles. The third kappa shape index (κ3) is 7.77. The van der Waals surface area contributed by atoms with E-state index in [0.29, 0.717) is 5.69 Å². The van der Waals surface area contributed by atoms with Crippen LogP contribution in [0, 0.1) is 0 Å². The molecule has 2 heterocycles. The van der Waals surface area contributed by atoms with Gasteiger partial charge in [-0.2, -0.15) is 0 Å². The van der Waals surface area contributed by atoms with Gasteiger partial charge in [0.1, 0.15) is 16.9 Å². The van der Waals surface area contributed by atoms with Crippen molar-refractivity contribution in [2.75, 3.05) is 26.2 Å². The Morgan fingerprint density at radius 2 is 1.52 bits per heavy atom. The minimum Gasteiger partial charge on any atom is -0.455 e.